The quantitative estimate of drug-likeness (QED) is 0.739. The first-order chi connectivity index (χ1) is 6.77. The van der Waals surface area contributed by atoms with Crippen LogP contribution in [0.5, 0.6) is 0 Å². The van der Waals surface area contributed by atoms with Crippen LogP contribution in [0.15, 0.2) is 36.5 Å². The molecule has 0 saturated carbocycles. The fraction of sp³-hybridized carbons (Fsp3) is 0.182. The standard InChI is InChI=1S/C11H14N2Si/c1-14(2)11-12-8-10(13-11)9-6-4-3-5-7-9/h3-8,14H,1-2H3,(H,12,13). The summed E-state index contributed by atoms with van der Waals surface area (Å²) in [5.41, 5.74) is 3.43. The highest BCUT2D eigenvalue weighted by atomic mass is 28.3. The van der Waals surface area contributed by atoms with Crippen LogP contribution >= 0.6 is 0 Å². The predicted octanol–water partition coefficient (Wildman–Crippen LogP) is 1.77. The Bertz CT molecular complexity index is 406. The number of aromatic amines is 1. The molecule has 0 unspecified atom stereocenters. The molecule has 0 fully saturated rings. The lowest BCUT2D eigenvalue weighted by atomic mass is 10.2. The summed E-state index contributed by atoms with van der Waals surface area (Å²) >= 11 is 0. The van der Waals surface area contributed by atoms with Crippen LogP contribution in [0.1, 0.15) is 0 Å². The van der Waals surface area contributed by atoms with Gasteiger partial charge in [0.15, 0.2) is 0 Å². The third-order valence-electron chi connectivity index (χ3n) is 2.21. The average Bonchev–Trinajstić information content (AvgIpc) is 2.68. The minimum Gasteiger partial charge on any atom is -0.352 e. The van der Waals surface area contributed by atoms with Gasteiger partial charge in [0.1, 0.15) is 8.80 Å². The van der Waals surface area contributed by atoms with E-state index in [1.807, 2.05) is 24.4 Å². The molecule has 0 aliphatic rings. The lowest BCUT2D eigenvalue weighted by Gasteiger charge is -1.96. The summed E-state index contributed by atoms with van der Waals surface area (Å²) in [4.78, 5) is 7.84. The van der Waals surface area contributed by atoms with Crippen LogP contribution in [0.3, 0.4) is 0 Å². The van der Waals surface area contributed by atoms with E-state index >= 15 is 0 Å². The summed E-state index contributed by atoms with van der Waals surface area (Å²) in [5.74, 6) is 0. The Morgan fingerprint density at radius 3 is 2.43 bits per heavy atom. The first-order valence-corrected chi connectivity index (χ1v) is 7.77. The number of rotatable bonds is 2. The van der Waals surface area contributed by atoms with Gasteiger partial charge < -0.3 is 4.98 Å². The molecule has 0 spiro atoms. The molecular weight excluding hydrogens is 188 g/mol. The molecule has 0 atom stereocenters. The summed E-state index contributed by atoms with van der Waals surface area (Å²) in [7, 11) is -0.798. The van der Waals surface area contributed by atoms with E-state index in [0.29, 0.717) is 0 Å². The number of nitrogens with one attached hydrogen (secondary N) is 1. The lowest BCUT2D eigenvalue weighted by Crippen LogP contribution is -2.26. The maximum Gasteiger partial charge on any atom is 0.110 e. The molecule has 3 heteroatoms. The molecule has 2 rings (SSSR count). The van der Waals surface area contributed by atoms with Gasteiger partial charge in [-0.3, -0.25) is 0 Å². The number of H-pyrrole nitrogens is 1. The van der Waals surface area contributed by atoms with Gasteiger partial charge in [-0.2, -0.15) is 0 Å². The first-order valence-electron chi connectivity index (χ1n) is 4.88. The summed E-state index contributed by atoms with van der Waals surface area (Å²) < 4.78 is 0. The fourth-order valence-corrected chi connectivity index (χ4v) is 2.20. The topological polar surface area (TPSA) is 28.7 Å². The van der Waals surface area contributed by atoms with Crippen molar-refractivity contribution in [3.05, 3.63) is 36.5 Å². The van der Waals surface area contributed by atoms with Crippen LogP contribution in [0.4, 0.5) is 0 Å². The van der Waals surface area contributed by atoms with Crippen molar-refractivity contribution in [3.8, 4) is 11.3 Å². The maximum atomic E-state index is 4.59. The van der Waals surface area contributed by atoms with E-state index in [4.69, 9.17) is 0 Å². The minimum absolute atomic E-state index is 0.798. The van der Waals surface area contributed by atoms with Gasteiger partial charge in [0.2, 0.25) is 0 Å². The van der Waals surface area contributed by atoms with E-state index in [2.05, 4.69) is 35.2 Å². The molecule has 14 heavy (non-hydrogen) atoms. The third kappa shape index (κ3) is 1.77. The number of hydrogen-bond acceptors (Lipinski definition) is 1. The molecular formula is C11H14N2Si. The zero-order valence-corrected chi connectivity index (χ0v) is 9.64. The average molecular weight is 202 g/mol. The molecule has 0 bridgehead atoms. The molecule has 2 nitrogen and oxygen atoms in total. The number of aromatic nitrogens is 2. The number of nitrogens with zero attached hydrogens (tertiary/aromatic N) is 1. The molecule has 0 saturated heterocycles. The van der Waals surface area contributed by atoms with Crippen LogP contribution in [0.2, 0.25) is 13.1 Å². The molecule has 0 amide bonds. The monoisotopic (exact) mass is 202 g/mol. The summed E-state index contributed by atoms with van der Waals surface area (Å²) in [6, 6.07) is 10.3. The van der Waals surface area contributed by atoms with Gasteiger partial charge >= 0.3 is 0 Å². The summed E-state index contributed by atoms with van der Waals surface area (Å²) in [6.45, 7) is 4.54. The Morgan fingerprint density at radius 2 is 1.86 bits per heavy atom. The van der Waals surface area contributed by atoms with E-state index in [1.165, 1.54) is 11.0 Å². The zero-order valence-electron chi connectivity index (χ0n) is 8.49. The Kier molecular flexibility index (Phi) is 2.50. The van der Waals surface area contributed by atoms with Crippen LogP contribution in [0.25, 0.3) is 11.3 Å². The Morgan fingerprint density at radius 1 is 1.14 bits per heavy atom. The maximum absolute atomic E-state index is 4.59. The van der Waals surface area contributed by atoms with Crippen molar-refractivity contribution in [2.45, 2.75) is 13.1 Å². The molecule has 2 aromatic rings. The number of hydrogen-bond donors (Lipinski definition) is 1. The summed E-state index contributed by atoms with van der Waals surface area (Å²) in [6.07, 6.45) is 2.00. The van der Waals surface area contributed by atoms with Gasteiger partial charge in [-0.25, -0.2) is 4.98 Å². The van der Waals surface area contributed by atoms with Crippen molar-refractivity contribution in [3.63, 3.8) is 0 Å². The van der Waals surface area contributed by atoms with Crippen LogP contribution < -0.4 is 5.45 Å². The van der Waals surface area contributed by atoms with E-state index in [9.17, 15) is 0 Å². The third-order valence-corrected chi connectivity index (χ3v) is 3.60. The number of imidazole rings is 1. The van der Waals surface area contributed by atoms with Crippen LogP contribution in [-0.2, 0) is 0 Å². The fourth-order valence-electron chi connectivity index (χ4n) is 1.39. The molecule has 0 radical (unpaired) electrons. The van der Waals surface area contributed by atoms with Gasteiger partial charge in [-0.15, -0.1) is 0 Å². The largest absolute Gasteiger partial charge is 0.352 e. The first kappa shape index (κ1) is 9.21. The van der Waals surface area contributed by atoms with E-state index in [0.717, 1.165) is 5.69 Å². The van der Waals surface area contributed by atoms with Crippen LogP contribution in [-0.4, -0.2) is 18.8 Å². The highest BCUT2D eigenvalue weighted by molar-refractivity contribution is 6.69. The van der Waals surface area contributed by atoms with Crippen molar-refractivity contribution in [1.29, 1.82) is 0 Å². The van der Waals surface area contributed by atoms with E-state index in [-0.39, 0.29) is 0 Å². The minimum atomic E-state index is -0.798. The molecule has 72 valence electrons. The second kappa shape index (κ2) is 3.80. The Labute approximate surface area is 85.6 Å². The van der Waals surface area contributed by atoms with Gasteiger partial charge in [0.25, 0.3) is 0 Å². The van der Waals surface area contributed by atoms with Gasteiger partial charge in [0.05, 0.1) is 11.1 Å². The lowest BCUT2D eigenvalue weighted by molar-refractivity contribution is 1.38. The van der Waals surface area contributed by atoms with E-state index in [1.54, 1.807) is 0 Å². The predicted molar refractivity (Wildman–Crippen MR) is 62.5 cm³/mol. The van der Waals surface area contributed by atoms with Gasteiger partial charge in [-0.1, -0.05) is 43.4 Å². The second-order valence-corrected chi connectivity index (χ2v) is 6.55. The second-order valence-electron chi connectivity index (χ2n) is 3.69. The molecule has 0 aliphatic carbocycles. The highest BCUT2D eigenvalue weighted by Gasteiger charge is 2.06. The molecule has 1 heterocycles. The summed E-state index contributed by atoms with van der Waals surface area (Å²) in [5, 5.41) is 0. The Balaban J connectivity index is 2.34. The van der Waals surface area contributed by atoms with Crippen molar-refractivity contribution in [2.75, 3.05) is 0 Å². The molecule has 1 aromatic carbocycles. The van der Waals surface area contributed by atoms with Gasteiger partial charge in [0, 0.05) is 11.8 Å². The van der Waals surface area contributed by atoms with Crippen molar-refractivity contribution >= 4 is 14.2 Å². The number of benzene rings is 1. The normalized spacial score (nSPS) is 10.8. The zero-order chi connectivity index (χ0) is 9.97. The molecule has 0 aliphatic heterocycles. The SMILES string of the molecule is C[SiH](C)c1nc(-c2ccccc2)c[nH]1. The molecule has 1 N–H and O–H groups in total. The molecule has 1 aromatic heterocycles. The van der Waals surface area contributed by atoms with Gasteiger partial charge in [-0.05, 0) is 0 Å². The van der Waals surface area contributed by atoms with Crippen molar-refractivity contribution < 1.29 is 0 Å². The Hall–Kier alpha value is -1.35. The van der Waals surface area contributed by atoms with Crippen LogP contribution in [0, 0.1) is 0 Å². The van der Waals surface area contributed by atoms with E-state index < -0.39 is 8.80 Å². The van der Waals surface area contributed by atoms with Crippen molar-refractivity contribution in [1.82, 2.24) is 9.97 Å². The highest BCUT2D eigenvalue weighted by Crippen LogP contribution is 2.13. The smallest absolute Gasteiger partial charge is 0.110 e. The van der Waals surface area contributed by atoms with Crippen molar-refractivity contribution in [2.24, 2.45) is 0 Å².